The molecule has 4 atom stereocenters. The first kappa shape index (κ1) is 19.3. The van der Waals surface area contributed by atoms with Crippen molar-refractivity contribution in [1.29, 1.82) is 0 Å². The monoisotopic (exact) mass is 405 g/mol. The van der Waals surface area contributed by atoms with Crippen LogP contribution in [0.1, 0.15) is 40.5 Å². The highest BCUT2D eigenvalue weighted by molar-refractivity contribution is 7.73. The Bertz CT molecular complexity index is 865. The number of rotatable bonds is 4. The third-order valence-corrected chi connectivity index (χ3v) is 10.5. The number of benzene rings is 2. The SMILES string of the molecule is CC1(C)COC([C@@H]2[C@@H](P(c3ccccc3)c3ccccc3)CC3C[C@@H]2C3(C)C)=N1. The Morgan fingerprint density at radius 1 is 0.862 bits per heavy atom. The van der Waals surface area contributed by atoms with Crippen LogP contribution in [0.5, 0.6) is 0 Å². The summed E-state index contributed by atoms with van der Waals surface area (Å²) in [4.78, 5) is 5.11. The summed E-state index contributed by atoms with van der Waals surface area (Å²) in [5.74, 6) is 2.98. The van der Waals surface area contributed by atoms with Gasteiger partial charge >= 0.3 is 0 Å². The van der Waals surface area contributed by atoms with Crippen molar-refractivity contribution in [2.75, 3.05) is 6.61 Å². The fourth-order valence-electron chi connectivity index (χ4n) is 5.87. The molecular weight excluding hydrogens is 373 g/mol. The molecular formula is C26H32NOP. The molecule has 0 aromatic heterocycles. The maximum Gasteiger partial charge on any atom is 0.188 e. The van der Waals surface area contributed by atoms with Crippen LogP contribution in [0.25, 0.3) is 0 Å². The van der Waals surface area contributed by atoms with E-state index in [1.165, 1.54) is 23.5 Å². The van der Waals surface area contributed by atoms with Crippen LogP contribution in [0.2, 0.25) is 0 Å². The largest absolute Gasteiger partial charge is 0.478 e. The second-order valence-electron chi connectivity index (χ2n) is 10.3. The highest BCUT2D eigenvalue weighted by Crippen LogP contribution is 2.67. The molecule has 3 saturated carbocycles. The van der Waals surface area contributed by atoms with Crippen molar-refractivity contribution < 1.29 is 4.74 Å². The van der Waals surface area contributed by atoms with E-state index >= 15 is 0 Å². The molecule has 2 aromatic rings. The number of nitrogens with zero attached hydrogens (tertiary/aromatic N) is 1. The van der Waals surface area contributed by atoms with Gasteiger partial charge in [-0.25, -0.2) is 4.99 Å². The Labute approximate surface area is 176 Å². The zero-order valence-electron chi connectivity index (χ0n) is 18.0. The molecule has 0 N–H and O–H groups in total. The van der Waals surface area contributed by atoms with Gasteiger partial charge in [0.2, 0.25) is 0 Å². The Morgan fingerprint density at radius 2 is 1.45 bits per heavy atom. The van der Waals surface area contributed by atoms with Crippen molar-refractivity contribution in [1.82, 2.24) is 0 Å². The first-order valence-electron chi connectivity index (χ1n) is 11.0. The Hall–Kier alpha value is -1.66. The fraction of sp³-hybridized carbons (Fsp3) is 0.500. The molecule has 2 nitrogen and oxygen atoms in total. The van der Waals surface area contributed by atoms with Crippen LogP contribution >= 0.6 is 7.92 Å². The van der Waals surface area contributed by atoms with Crippen LogP contribution in [0.3, 0.4) is 0 Å². The van der Waals surface area contributed by atoms with Gasteiger partial charge in [0.05, 0.1) is 5.54 Å². The van der Waals surface area contributed by atoms with Crippen molar-refractivity contribution in [2.24, 2.45) is 28.2 Å². The van der Waals surface area contributed by atoms with Gasteiger partial charge in [0.1, 0.15) is 6.61 Å². The van der Waals surface area contributed by atoms with E-state index in [4.69, 9.17) is 9.73 Å². The van der Waals surface area contributed by atoms with Gasteiger partial charge in [-0.15, -0.1) is 0 Å². The molecule has 152 valence electrons. The molecule has 6 rings (SSSR count). The van der Waals surface area contributed by atoms with Crippen LogP contribution in [0.4, 0.5) is 0 Å². The summed E-state index contributed by atoms with van der Waals surface area (Å²) in [5, 5.41) is 2.97. The number of hydrogen-bond acceptors (Lipinski definition) is 2. The Balaban J connectivity index is 1.61. The highest BCUT2D eigenvalue weighted by atomic mass is 31.1. The van der Waals surface area contributed by atoms with Crippen LogP contribution < -0.4 is 10.6 Å². The minimum Gasteiger partial charge on any atom is -0.478 e. The lowest BCUT2D eigenvalue weighted by atomic mass is 9.45. The van der Waals surface area contributed by atoms with E-state index in [1.54, 1.807) is 0 Å². The molecule has 3 heteroatoms. The number of hydrogen-bond donors (Lipinski definition) is 0. The highest BCUT2D eigenvalue weighted by Gasteiger charge is 2.61. The van der Waals surface area contributed by atoms with E-state index in [-0.39, 0.29) is 5.54 Å². The summed E-state index contributed by atoms with van der Waals surface area (Å²) < 4.78 is 6.31. The van der Waals surface area contributed by atoms with Gasteiger partial charge in [0.25, 0.3) is 0 Å². The lowest BCUT2D eigenvalue weighted by Gasteiger charge is -2.63. The van der Waals surface area contributed by atoms with Crippen molar-refractivity contribution >= 4 is 24.4 Å². The molecule has 0 amide bonds. The predicted octanol–water partition coefficient (Wildman–Crippen LogP) is 5.38. The molecule has 0 saturated heterocycles. The third kappa shape index (κ3) is 3.25. The van der Waals surface area contributed by atoms with Crippen LogP contribution in [-0.4, -0.2) is 23.7 Å². The fourth-order valence-corrected chi connectivity index (χ4v) is 9.04. The zero-order valence-corrected chi connectivity index (χ0v) is 18.9. The quantitative estimate of drug-likeness (QED) is 0.626. The molecule has 1 heterocycles. The van der Waals surface area contributed by atoms with Gasteiger partial charge in [-0.1, -0.05) is 74.5 Å². The molecule has 1 unspecified atom stereocenters. The van der Waals surface area contributed by atoms with Gasteiger partial charge in [-0.2, -0.15) is 0 Å². The molecule has 0 spiro atoms. The summed E-state index contributed by atoms with van der Waals surface area (Å²) in [7, 11) is -0.454. The van der Waals surface area contributed by atoms with Gasteiger partial charge < -0.3 is 4.74 Å². The number of aliphatic imine (C=N–C) groups is 1. The van der Waals surface area contributed by atoms with Gasteiger partial charge in [-0.3, -0.25) is 0 Å². The maximum atomic E-state index is 6.31. The maximum absolute atomic E-state index is 6.31. The van der Waals surface area contributed by atoms with E-state index in [1.807, 2.05) is 0 Å². The number of fused-ring (bicyclic) bond motifs is 2. The van der Waals surface area contributed by atoms with E-state index in [0.29, 0.717) is 22.9 Å². The molecule has 4 aliphatic rings. The van der Waals surface area contributed by atoms with Gasteiger partial charge in [0, 0.05) is 5.92 Å². The van der Waals surface area contributed by atoms with E-state index in [0.717, 1.165) is 18.4 Å². The minimum absolute atomic E-state index is 0.0904. The average Bonchev–Trinajstić information content (AvgIpc) is 3.09. The average molecular weight is 406 g/mol. The first-order chi connectivity index (χ1) is 13.9. The van der Waals surface area contributed by atoms with Crippen molar-refractivity contribution in [2.45, 2.75) is 51.7 Å². The van der Waals surface area contributed by atoms with Gasteiger partial charge in [-0.05, 0) is 68.1 Å². The van der Waals surface area contributed by atoms with Gasteiger partial charge in [0.15, 0.2) is 5.90 Å². The summed E-state index contributed by atoms with van der Waals surface area (Å²) >= 11 is 0. The molecule has 3 fully saturated rings. The Morgan fingerprint density at radius 3 is 1.93 bits per heavy atom. The Kier molecular flexibility index (Phi) is 4.63. The summed E-state index contributed by atoms with van der Waals surface area (Å²) in [5.41, 5.74) is 0.903. The summed E-state index contributed by atoms with van der Waals surface area (Å²) in [6.45, 7) is 10.1. The minimum atomic E-state index is -0.454. The third-order valence-electron chi connectivity index (χ3n) is 7.59. The van der Waals surface area contributed by atoms with E-state index in [9.17, 15) is 0 Å². The van der Waals surface area contributed by atoms with Crippen molar-refractivity contribution in [3.05, 3.63) is 60.7 Å². The van der Waals surface area contributed by atoms with Crippen molar-refractivity contribution in [3.63, 3.8) is 0 Å². The topological polar surface area (TPSA) is 21.6 Å². The molecule has 2 aromatic carbocycles. The van der Waals surface area contributed by atoms with Crippen LogP contribution in [0.15, 0.2) is 65.7 Å². The second-order valence-corrected chi connectivity index (χ2v) is 12.7. The molecule has 1 aliphatic heterocycles. The standard InChI is InChI=1S/C26H32NOP/c1-25(2)17-28-24(27-25)23-21-15-18(26(21,3)4)16-22(23)29(19-11-7-5-8-12-19)20-13-9-6-10-14-20/h5-14,18,21-23H,15-17H2,1-4H3/t18?,21-,22-,23-/m0/s1. The molecule has 2 bridgehead atoms. The zero-order chi connectivity index (χ0) is 20.2. The first-order valence-corrected chi connectivity index (χ1v) is 12.4. The van der Waals surface area contributed by atoms with Crippen LogP contribution in [0, 0.1) is 23.2 Å². The summed E-state index contributed by atoms with van der Waals surface area (Å²) in [6, 6.07) is 22.4. The second kappa shape index (κ2) is 6.95. The van der Waals surface area contributed by atoms with E-state index < -0.39 is 7.92 Å². The lowest BCUT2D eigenvalue weighted by molar-refractivity contribution is -0.0860. The summed E-state index contributed by atoms with van der Waals surface area (Å²) in [6.07, 6.45) is 2.62. The number of ether oxygens (including phenoxy) is 1. The van der Waals surface area contributed by atoms with Crippen molar-refractivity contribution in [3.8, 4) is 0 Å². The molecule has 3 aliphatic carbocycles. The normalized spacial score (nSPS) is 31.7. The molecule has 29 heavy (non-hydrogen) atoms. The van der Waals surface area contributed by atoms with E-state index in [2.05, 4.69) is 88.4 Å². The smallest absolute Gasteiger partial charge is 0.188 e. The predicted molar refractivity (Wildman–Crippen MR) is 124 cm³/mol. The van der Waals surface area contributed by atoms with Crippen LogP contribution in [-0.2, 0) is 4.74 Å². The molecule has 0 radical (unpaired) electrons. The lowest BCUT2D eigenvalue weighted by Crippen LogP contribution is -2.59.